The molecule has 0 aromatic heterocycles. The molecule has 1 aromatic carbocycles. The molecule has 6 heteroatoms. The molecule has 1 saturated heterocycles. The Hall–Kier alpha value is -1.14. The first kappa shape index (κ1) is 15.3. The summed E-state index contributed by atoms with van der Waals surface area (Å²) < 4.78 is 44.1. The Balaban J connectivity index is 2.42. The molecule has 0 atom stereocenters. The zero-order valence-corrected chi connectivity index (χ0v) is 12.4. The summed E-state index contributed by atoms with van der Waals surface area (Å²) >= 11 is 0. The van der Waals surface area contributed by atoms with E-state index in [9.17, 15) is 8.78 Å². The van der Waals surface area contributed by atoms with Gasteiger partial charge in [-0.05, 0) is 40.7 Å². The van der Waals surface area contributed by atoms with Crippen LogP contribution in [0.4, 0.5) is 8.78 Å². The molecule has 20 heavy (non-hydrogen) atoms. The minimum Gasteiger partial charge on any atom is -0.491 e. The van der Waals surface area contributed by atoms with E-state index < -0.39 is 30.0 Å². The van der Waals surface area contributed by atoms with Crippen LogP contribution in [0.3, 0.4) is 0 Å². The SMILES string of the molecule is CCOc1c(B2OC(C)(C)C(C)(C)O2)ccc(F)c1F. The van der Waals surface area contributed by atoms with Crippen LogP contribution in [0.2, 0.25) is 0 Å². The number of hydrogen-bond donors (Lipinski definition) is 0. The van der Waals surface area contributed by atoms with Gasteiger partial charge in [-0.25, -0.2) is 4.39 Å². The van der Waals surface area contributed by atoms with Gasteiger partial charge in [0.25, 0.3) is 0 Å². The van der Waals surface area contributed by atoms with Crippen LogP contribution < -0.4 is 10.2 Å². The van der Waals surface area contributed by atoms with Crippen LogP contribution in [0.15, 0.2) is 12.1 Å². The Morgan fingerprint density at radius 1 is 1.10 bits per heavy atom. The van der Waals surface area contributed by atoms with Crippen molar-refractivity contribution < 1.29 is 22.8 Å². The predicted octanol–water partition coefficient (Wildman–Crippen LogP) is 2.66. The minimum absolute atomic E-state index is 0.147. The monoisotopic (exact) mass is 284 g/mol. The number of ether oxygens (including phenoxy) is 1. The van der Waals surface area contributed by atoms with Gasteiger partial charge in [-0.3, -0.25) is 0 Å². The summed E-state index contributed by atoms with van der Waals surface area (Å²) in [4.78, 5) is 0. The molecule has 0 aliphatic carbocycles. The summed E-state index contributed by atoms with van der Waals surface area (Å²) in [6, 6.07) is 2.49. The van der Waals surface area contributed by atoms with Crippen LogP contribution in [-0.2, 0) is 9.31 Å². The smallest absolute Gasteiger partial charge is 0.491 e. The van der Waals surface area contributed by atoms with Crippen molar-refractivity contribution in [1.82, 2.24) is 0 Å². The molecule has 0 bridgehead atoms. The Kier molecular flexibility index (Phi) is 3.82. The number of benzene rings is 1. The molecule has 2 rings (SSSR count). The fourth-order valence-corrected chi connectivity index (χ4v) is 1.99. The van der Waals surface area contributed by atoms with Crippen LogP contribution in [0.25, 0.3) is 0 Å². The van der Waals surface area contributed by atoms with Crippen molar-refractivity contribution in [2.24, 2.45) is 0 Å². The van der Waals surface area contributed by atoms with E-state index >= 15 is 0 Å². The van der Waals surface area contributed by atoms with E-state index in [0.29, 0.717) is 5.46 Å². The lowest BCUT2D eigenvalue weighted by Gasteiger charge is -2.32. The quantitative estimate of drug-likeness (QED) is 0.799. The molecule has 0 N–H and O–H groups in total. The van der Waals surface area contributed by atoms with Crippen molar-refractivity contribution in [2.75, 3.05) is 6.61 Å². The lowest BCUT2D eigenvalue weighted by Crippen LogP contribution is -2.41. The Labute approximate surface area is 118 Å². The molecule has 0 saturated carbocycles. The van der Waals surface area contributed by atoms with E-state index in [2.05, 4.69) is 0 Å². The normalized spacial score (nSPS) is 20.2. The second-order valence-corrected chi connectivity index (χ2v) is 5.80. The maximum absolute atomic E-state index is 13.9. The third-order valence-electron chi connectivity index (χ3n) is 3.88. The first-order valence-corrected chi connectivity index (χ1v) is 6.66. The number of hydrogen-bond acceptors (Lipinski definition) is 3. The Bertz CT molecular complexity index is 501. The van der Waals surface area contributed by atoms with Crippen molar-refractivity contribution in [2.45, 2.75) is 45.8 Å². The van der Waals surface area contributed by atoms with Gasteiger partial charge in [0, 0.05) is 5.46 Å². The van der Waals surface area contributed by atoms with Crippen molar-refractivity contribution >= 4 is 12.6 Å². The van der Waals surface area contributed by atoms with Crippen LogP contribution in [0.1, 0.15) is 34.6 Å². The molecule has 0 radical (unpaired) electrons. The Morgan fingerprint density at radius 2 is 1.65 bits per heavy atom. The minimum atomic E-state index is -1.01. The van der Waals surface area contributed by atoms with Crippen LogP contribution in [0, 0.1) is 11.6 Å². The highest BCUT2D eigenvalue weighted by atomic mass is 19.2. The molecule has 0 amide bonds. The van der Waals surface area contributed by atoms with Crippen LogP contribution in [0.5, 0.6) is 5.75 Å². The van der Waals surface area contributed by atoms with Gasteiger partial charge in [0.1, 0.15) is 0 Å². The third kappa shape index (κ3) is 2.42. The van der Waals surface area contributed by atoms with Crippen molar-refractivity contribution in [1.29, 1.82) is 0 Å². The second-order valence-electron chi connectivity index (χ2n) is 5.80. The van der Waals surface area contributed by atoms with Gasteiger partial charge in [-0.15, -0.1) is 0 Å². The largest absolute Gasteiger partial charge is 0.498 e. The average Bonchev–Trinajstić information content (AvgIpc) is 2.55. The van der Waals surface area contributed by atoms with Gasteiger partial charge in [0.05, 0.1) is 17.8 Å². The van der Waals surface area contributed by atoms with Crippen molar-refractivity contribution in [3.05, 3.63) is 23.8 Å². The molecule has 0 spiro atoms. The van der Waals surface area contributed by atoms with Crippen molar-refractivity contribution in [3.8, 4) is 5.75 Å². The van der Waals surface area contributed by atoms with Gasteiger partial charge >= 0.3 is 7.12 Å². The van der Waals surface area contributed by atoms with Crippen LogP contribution in [-0.4, -0.2) is 24.9 Å². The second kappa shape index (κ2) is 5.00. The number of halogens is 2. The molecule has 1 aliphatic rings. The molecule has 110 valence electrons. The third-order valence-corrected chi connectivity index (χ3v) is 3.88. The molecule has 1 heterocycles. The van der Waals surface area contributed by atoms with E-state index in [1.54, 1.807) is 6.92 Å². The van der Waals surface area contributed by atoms with Gasteiger partial charge in [0.15, 0.2) is 17.4 Å². The zero-order valence-electron chi connectivity index (χ0n) is 12.4. The summed E-state index contributed by atoms with van der Waals surface area (Å²) in [6.45, 7) is 9.52. The average molecular weight is 284 g/mol. The molecule has 3 nitrogen and oxygen atoms in total. The first-order chi connectivity index (χ1) is 9.19. The maximum Gasteiger partial charge on any atom is 0.498 e. The highest BCUT2D eigenvalue weighted by Gasteiger charge is 2.52. The van der Waals surface area contributed by atoms with Gasteiger partial charge in [-0.1, -0.05) is 6.07 Å². The molecule has 1 fully saturated rings. The summed E-state index contributed by atoms with van der Waals surface area (Å²) in [5.74, 6) is -2.11. The fourth-order valence-electron chi connectivity index (χ4n) is 1.99. The van der Waals surface area contributed by atoms with Gasteiger partial charge in [0.2, 0.25) is 0 Å². The van der Waals surface area contributed by atoms with E-state index in [1.807, 2.05) is 27.7 Å². The fraction of sp³-hybridized carbons (Fsp3) is 0.571. The Morgan fingerprint density at radius 3 is 2.15 bits per heavy atom. The molecule has 0 unspecified atom stereocenters. The zero-order chi connectivity index (χ0) is 15.1. The number of rotatable bonds is 3. The van der Waals surface area contributed by atoms with E-state index in [0.717, 1.165) is 6.07 Å². The highest BCUT2D eigenvalue weighted by Crippen LogP contribution is 2.37. The molecular formula is C14H19BF2O3. The molecule has 1 aliphatic heterocycles. The van der Waals surface area contributed by atoms with Gasteiger partial charge < -0.3 is 14.0 Å². The lowest BCUT2D eigenvalue weighted by molar-refractivity contribution is 0.00578. The van der Waals surface area contributed by atoms with E-state index in [1.165, 1.54) is 6.07 Å². The van der Waals surface area contributed by atoms with E-state index in [4.69, 9.17) is 14.0 Å². The summed E-state index contributed by atoms with van der Waals surface area (Å²) in [5.41, 5.74) is -0.734. The van der Waals surface area contributed by atoms with Crippen LogP contribution >= 0.6 is 0 Å². The molecule has 1 aromatic rings. The van der Waals surface area contributed by atoms with Gasteiger partial charge in [-0.2, -0.15) is 4.39 Å². The molecular weight excluding hydrogens is 265 g/mol. The summed E-state index contributed by atoms with van der Waals surface area (Å²) in [6.07, 6.45) is 0. The summed E-state index contributed by atoms with van der Waals surface area (Å²) in [5, 5.41) is 0. The summed E-state index contributed by atoms with van der Waals surface area (Å²) in [7, 11) is -0.781. The lowest BCUT2D eigenvalue weighted by atomic mass is 9.78. The predicted molar refractivity (Wildman–Crippen MR) is 73.2 cm³/mol. The van der Waals surface area contributed by atoms with Crippen molar-refractivity contribution in [3.63, 3.8) is 0 Å². The standard InChI is InChI=1S/C14H19BF2O3/c1-6-18-12-9(7-8-10(16)11(12)17)15-19-13(2,3)14(4,5)20-15/h7-8H,6H2,1-5H3. The first-order valence-electron chi connectivity index (χ1n) is 6.66. The topological polar surface area (TPSA) is 27.7 Å². The highest BCUT2D eigenvalue weighted by molar-refractivity contribution is 6.63. The van der Waals surface area contributed by atoms with E-state index in [-0.39, 0.29) is 12.4 Å². The maximum atomic E-state index is 13.9.